The van der Waals surface area contributed by atoms with E-state index in [2.05, 4.69) is 21.4 Å². The van der Waals surface area contributed by atoms with Crippen molar-refractivity contribution in [2.75, 3.05) is 0 Å². The zero-order valence-electron chi connectivity index (χ0n) is 13.8. The van der Waals surface area contributed by atoms with Crippen molar-refractivity contribution < 1.29 is 4.79 Å². The molecule has 0 radical (unpaired) electrons. The normalized spacial score (nSPS) is 10.2. The summed E-state index contributed by atoms with van der Waals surface area (Å²) in [6, 6.07) is 13.3. The Morgan fingerprint density at radius 1 is 1.28 bits per heavy atom. The molecular weight excluding hydrogens is 314 g/mol. The van der Waals surface area contributed by atoms with E-state index in [1.807, 2.05) is 35.0 Å². The summed E-state index contributed by atoms with van der Waals surface area (Å²) in [7, 11) is 0. The maximum absolute atomic E-state index is 12.2. The summed E-state index contributed by atoms with van der Waals surface area (Å²) in [4.78, 5) is 20.5. The second-order valence-electron chi connectivity index (χ2n) is 5.68. The molecule has 0 saturated carbocycles. The zero-order chi connectivity index (χ0) is 17.6. The van der Waals surface area contributed by atoms with Crippen molar-refractivity contribution in [2.45, 2.75) is 20.0 Å². The Morgan fingerprint density at radius 3 is 2.84 bits per heavy atom. The molecule has 6 nitrogen and oxygen atoms in total. The second kappa shape index (κ2) is 7.41. The topological polar surface area (TPSA) is 83.6 Å². The molecule has 0 fully saturated rings. The van der Waals surface area contributed by atoms with Gasteiger partial charge < -0.3 is 9.88 Å². The minimum absolute atomic E-state index is 0.257. The molecule has 2 heterocycles. The van der Waals surface area contributed by atoms with Gasteiger partial charge in [-0.3, -0.25) is 4.79 Å². The van der Waals surface area contributed by atoms with Crippen molar-refractivity contribution in [1.82, 2.24) is 19.9 Å². The molecule has 0 aliphatic carbocycles. The molecule has 124 valence electrons. The van der Waals surface area contributed by atoms with Crippen LogP contribution in [0.5, 0.6) is 0 Å². The summed E-state index contributed by atoms with van der Waals surface area (Å²) in [5.74, 6) is -0.257. The van der Waals surface area contributed by atoms with Gasteiger partial charge >= 0.3 is 0 Å². The number of carbonyl (C=O) groups is 1. The summed E-state index contributed by atoms with van der Waals surface area (Å²) < 4.78 is 1.99. The van der Waals surface area contributed by atoms with E-state index in [4.69, 9.17) is 5.26 Å². The third kappa shape index (κ3) is 4.09. The van der Waals surface area contributed by atoms with E-state index < -0.39 is 0 Å². The number of carbonyl (C=O) groups excluding carboxylic acids is 1. The molecular formula is C19H17N5O. The maximum Gasteiger partial charge on any atom is 0.270 e. The Hall–Kier alpha value is -3.46. The number of nitriles is 1. The zero-order valence-corrected chi connectivity index (χ0v) is 13.8. The largest absolute Gasteiger partial charge is 0.347 e. The van der Waals surface area contributed by atoms with Crippen LogP contribution in [0.4, 0.5) is 0 Å². The van der Waals surface area contributed by atoms with Gasteiger partial charge in [0.1, 0.15) is 11.8 Å². The van der Waals surface area contributed by atoms with Crippen LogP contribution in [0.15, 0.2) is 55.1 Å². The highest BCUT2D eigenvalue weighted by Gasteiger charge is 2.09. The molecule has 0 atom stereocenters. The summed E-state index contributed by atoms with van der Waals surface area (Å²) >= 11 is 0. The second-order valence-corrected chi connectivity index (χ2v) is 5.68. The fraction of sp³-hybridized carbons (Fsp3) is 0.158. The molecule has 0 saturated heterocycles. The first-order valence-electron chi connectivity index (χ1n) is 7.85. The third-order valence-electron chi connectivity index (χ3n) is 3.81. The first-order valence-corrected chi connectivity index (χ1v) is 7.85. The summed E-state index contributed by atoms with van der Waals surface area (Å²) in [6.45, 7) is 2.87. The molecule has 3 rings (SSSR count). The first kappa shape index (κ1) is 16.4. The Labute approximate surface area is 145 Å². The van der Waals surface area contributed by atoms with Crippen molar-refractivity contribution >= 4 is 5.91 Å². The highest BCUT2D eigenvalue weighted by molar-refractivity contribution is 5.92. The standard InChI is InChI=1S/C19H17N5O/c1-14-17(10-20)5-6-18(23-14)19(25)22-11-15-3-2-4-16(9-15)12-24-8-7-21-13-24/h2-9,13H,11-12H2,1H3,(H,22,25). The van der Waals surface area contributed by atoms with E-state index in [1.165, 1.54) is 0 Å². The van der Waals surface area contributed by atoms with Crippen LogP contribution in [0.3, 0.4) is 0 Å². The quantitative estimate of drug-likeness (QED) is 0.778. The molecule has 0 unspecified atom stereocenters. The van der Waals surface area contributed by atoms with Crippen molar-refractivity contribution in [3.8, 4) is 6.07 Å². The van der Waals surface area contributed by atoms with Crippen LogP contribution in [0.25, 0.3) is 0 Å². The lowest BCUT2D eigenvalue weighted by molar-refractivity contribution is 0.0945. The number of amides is 1. The fourth-order valence-corrected chi connectivity index (χ4v) is 2.51. The number of nitrogens with one attached hydrogen (secondary N) is 1. The number of pyridine rings is 1. The van der Waals surface area contributed by atoms with Crippen LogP contribution < -0.4 is 5.32 Å². The van der Waals surface area contributed by atoms with Crippen LogP contribution in [-0.4, -0.2) is 20.4 Å². The molecule has 0 spiro atoms. The average Bonchev–Trinajstić information content (AvgIpc) is 3.13. The lowest BCUT2D eigenvalue weighted by atomic mass is 10.1. The molecule has 1 aromatic carbocycles. The number of hydrogen-bond donors (Lipinski definition) is 1. The summed E-state index contributed by atoms with van der Waals surface area (Å²) in [5, 5.41) is 11.8. The van der Waals surface area contributed by atoms with Gasteiger partial charge in [0.25, 0.3) is 5.91 Å². The van der Waals surface area contributed by atoms with Gasteiger partial charge in [0.15, 0.2) is 0 Å². The third-order valence-corrected chi connectivity index (χ3v) is 3.81. The van der Waals surface area contributed by atoms with E-state index in [0.717, 1.165) is 17.7 Å². The first-order chi connectivity index (χ1) is 12.2. The molecule has 25 heavy (non-hydrogen) atoms. The van der Waals surface area contributed by atoms with Crippen molar-refractivity contribution in [3.05, 3.63) is 83.2 Å². The number of aryl methyl sites for hydroxylation is 1. The molecule has 6 heteroatoms. The molecule has 1 N–H and O–H groups in total. The molecule has 0 aliphatic rings. The van der Waals surface area contributed by atoms with E-state index in [0.29, 0.717) is 23.5 Å². The molecule has 1 amide bonds. The van der Waals surface area contributed by atoms with Gasteiger partial charge in [0.2, 0.25) is 0 Å². The number of imidazole rings is 1. The lowest BCUT2D eigenvalue weighted by Gasteiger charge is -2.08. The van der Waals surface area contributed by atoms with E-state index in [1.54, 1.807) is 31.6 Å². The Kier molecular flexibility index (Phi) is 4.86. The van der Waals surface area contributed by atoms with Crippen LogP contribution in [0, 0.1) is 18.3 Å². The van der Waals surface area contributed by atoms with Gasteiger partial charge in [-0.1, -0.05) is 24.3 Å². The predicted octanol–water partition coefficient (Wildman–Crippen LogP) is 2.44. The summed E-state index contributed by atoms with van der Waals surface area (Å²) in [6.07, 6.45) is 5.43. The average molecular weight is 331 g/mol. The van der Waals surface area contributed by atoms with Gasteiger partial charge in [0, 0.05) is 25.5 Å². The highest BCUT2D eigenvalue weighted by atomic mass is 16.1. The number of hydrogen-bond acceptors (Lipinski definition) is 4. The van der Waals surface area contributed by atoms with E-state index in [-0.39, 0.29) is 5.91 Å². The maximum atomic E-state index is 12.2. The van der Waals surface area contributed by atoms with E-state index in [9.17, 15) is 4.79 Å². The number of nitrogens with zero attached hydrogens (tertiary/aromatic N) is 4. The Morgan fingerprint density at radius 2 is 2.12 bits per heavy atom. The van der Waals surface area contributed by atoms with Gasteiger partial charge in [-0.25, -0.2) is 9.97 Å². The van der Waals surface area contributed by atoms with Gasteiger partial charge in [0.05, 0.1) is 17.6 Å². The predicted molar refractivity (Wildman–Crippen MR) is 92.6 cm³/mol. The SMILES string of the molecule is Cc1nc(C(=O)NCc2cccc(Cn3ccnc3)c2)ccc1C#N. The molecule has 3 aromatic rings. The Bertz CT molecular complexity index is 925. The van der Waals surface area contributed by atoms with Gasteiger partial charge in [-0.05, 0) is 30.2 Å². The smallest absolute Gasteiger partial charge is 0.270 e. The van der Waals surface area contributed by atoms with Crippen LogP contribution in [0.1, 0.15) is 32.9 Å². The van der Waals surface area contributed by atoms with Crippen LogP contribution in [-0.2, 0) is 13.1 Å². The molecule has 0 aliphatic heterocycles. The monoisotopic (exact) mass is 331 g/mol. The minimum atomic E-state index is -0.257. The number of rotatable bonds is 5. The molecule has 0 bridgehead atoms. The van der Waals surface area contributed by atoms with Gasteiger partial charge in [-0.2, -0.15) is 5.26 Å². The number of aromatic nitrogens is 3. The minimum Gasteiger partial charge on any atom is -0.347 e. The van der Waals surface area contributed by atoms with Crippen molar-refractivity contribution in [3.63, 3.8) is 0 Å². The van der Waals surface area contributed by atoms with Crippen LogP contribution in [0.2, 0.25) is 0 Å². The Balaban J connectivity index is 1.64. The fourth-order valence-electron chi connectivity index (χ4n) is 2.51. The lowest BCUT2D eigenvalue weighted by Crippen LogP contribution is -2.24. The molecule has 2 aromatic heterocycles. The van der Waals surface area contributed by atoms with Crippen molar-refractivity contribution in [1.29, 1.82) is 5.26 Å². The van der Waals surface area contributed by atoms with E-state index >= 15 is 0 Å². The van der Waals surface area contributed by atoms with Gasteiger partial charge in [-0.15, -0.1) is 0 Å². The highest BCUT2D eigenvalue weighted by Crippen LogP contribution is 2.09. The summed E-state index contributed by atoms with van der Waals surface area (Å²) in [5.41, 5.74) is 3.49. The van der Waals surface area contributed by atoms with Crippen LogP contribution >= 0.6 is 0 Å². The van der Waals surface area contributed by atoms with Crippen molar-refractivity contribution in [2.24, 2.45) is 0 Å². The number of benzene rings is 1.